The quantitative estimate of drug-likeness (QED) is 0.800. The number of imide groups is 1. The summed E-state index contributed by atoms with van der Waals surface area (Å²) in [6.45, 7) is 0.385. The molecule has 0 bridgehead atoms. The second-order valence-electron chi connectivity index (χ2n) is 7.38. The molecule has 1 aromatic carbocycles. The van der Waals surface area contributed by atoms with E-state index in [9.17, 15) is 14.4 Å². The number of urea groups is 1. The van der Waals surface area contributed by atoms with Gasteiger partial charge in [-0.15, -0.1) is 0 Å². The Morgan fingerprint density at radius 3 is 2.70 bits per heavy atom. The van der Waals surface area contributed by atoms with Crippen LogP contribution in [-0.4, -0.2) is 66.0 Å². The summed E-state index contributed by atoms with van der Waals surface area (Å²) in [5.74, 6) is 0.740. The van der Waals surface area contributed by atoms with E-state index in [1.165, 1.54) is 4.90 Å². The molecule has 1 aromatic rings. The Morgan fingerprint density at radius 1 is 1.26 bits per heavy atom. The number of carbonyl (C=O) groups excluding carboxylic acids is 3. The molecule has 27 heavy (non-hydrogen) atoms. The average molecular weight is 373 g/mol. The standard InChI is InChI=1S/C19H23N3O5/c1-21(10-13-12-26-14-6-2-3-7-15(14)27-13)16(23)11-22-17(24)19(20-18(22)25)8-4-5-9-19/h2-3,6-7,13H,4-5,8-12H2,1H3,(H,20,25)/t13-/m1/s1. The van der Waals surface area contributed by atoms with Gasteiger partial charge in [0.1, 0.15) is 18.7 Å². The molecule has 0 radical (unpaired) electrons. The predicted octanol–water partition coefficient (Wildman–Crippen LogP) is 1.15. The van der Waals surface area contributed by atoms with Crippen molar-refractivity contribution in [2.45, 2.75) is 37.3 Å². The number of fused-ring (bicyclic) bond motifs is 1. The fraction of sp³-hybridized carbons (Fsp3) is 0.526. The van der Waals surface area contributed by atoms with Crippen molar-refractivity contribution >= 4 is 17.8 Å². The molecule has 8 nitrogen and oxygen atoms in total. The molecule has 1 N–H and O–H groups in total. The van der Waals surface area contributed by atoms with Crippen molar-refractivity contribution in [1.82, 2.24) is 15.1 Å². The molecule has 8 heteroatoms. The molecule has 4 rings (SSSR count). The summed E-state index contributed by atoms with van der Waals surface area (Å²) in [6.07, 6.45) is 2.80. The predicted molar refractivity (Wildman–Crippen MR) is 95.4 cm³/mol. The molecular weight excluding hydrogens is 350 g/mol. The van der Waals surface area contributed by atoms with Crippen molar-refractivity contribution in [1.29, 1.82) is 0 Å². The van der Waals surface area contributed by atoms with Crippen LogP contribution in [0, 0.1) is 0 Å². The highest BCUT2D eigenvalue weighted by molar-refractivity contribution is 6.09. The van der Waals surface area contributed by atoms with E-state index in [-0.39, 0.29) is 24.5 Å². The van der Waals surface area contributed by atoms with Gasteiger partial charge in [0.15, 0.2) is 17.6 Å². The van der Waals surface area contributed by atoms with E-state index >= 15 is 0 Å². The number of benzene rings is 1. The highest BCUT2D eigenvalue weighted by Crippen LogP contribution is 2.35. The van der Waals surface area contributed by atoms with Crippen molar-refractivity contribution in [3.63, 3.8) is 0 Å². The topological polar surface area (TPSA) is 88.2 Å². The second kappa shape index (κ2) is 6.75. The second-order valence-corrected chi connectivity index (χ2v) is 7.38. The van der Waals surface area contributed by atoms with E-state index in [2.05, 4.69) is 5.32 Å². The fourth-order valence-electron chi connectivity index (χ4n) is 3.95. The van der Waals surface area contributed by atoms with Crippen LogP contribution in [0.3, 0.4) is 0 Å². The van der Waals surface area contributed by atoms with Crippen LogP contribution in [0.2, 0.25) is 0 Å². The fourth-order valence-corrected chi connectivity index (χ4v) is 3.95. The van der Waals surface area contributed by atoms with Crippen molar-refractivity contribution in [3.05, 3.63) is 24.3 Å². The Kier molecular flexibility index (Phi) is 4.41. The number of hydrogen-bond donors (Lipinski definition) is 1. The molecule has 1 spiro atoms. The Morgan fingerprint density at radius 2 is 1.96 bits per heavy atom. The Labute approximate surface area is 157 Å². The van der Waals surface area contributed by atoms with Crippen LogP contribution in [-0.2, 0) is 9.59 Å². The normalized spacial score (nSPS) is 22.9. The molecule has 2 heterocycles. The van der Waals surface area contributed by atoms with Gasteiger partial charge in [0.25, 0.3) is 5.91 Å². The van der Waals surface area contributed by atoms with Crippen LogP contribution < -0.4 is 14.8 Å². The molecule has 1 saturated heterocycles. The minimum Gasteiger partial charge on any atom is -0.486 e. The molecule has 3 aliphatic rings. The molecule has 0 unspecified atom stereocenters. The Balaban J connectivity index is 1.35. The zero-order chi connectivity index (χ0) is 19.0. The lowest BCUT2D eigenvalue weighted by atomic mass is 9.98. The van der Waals surface area contributed by atoms with E-state index in [0.717, 1.165) is 17.7 Å². The first kappa shape index (κ1) is 17.6. The number of ether oxygens (including phenoxy) is 2. The van der Waals surface area contributed by atoms with Gasteiger partial charge < -0.3 is 19.7 Å². The number of nitrogens with one attached hydrogen (secondary N) is 1. The number of rotatable bonds is 4. The van der Waals surface area contributed by atoms with Crippen LogP contribution in [0.15, 0.2) is 24.3 Å². The highest BCUT2D eigenvalue weighted by Gasteiger charge is 2.52. The van der Waals surface area contributed by atoms with Crippen molar-refractivity contribution in [3.8, 4) is 11.5 Å². The van der Waals surface area contributed by atoms with Gasteiger partial charge in [-0.05, 0) is 25.0 Å². The van der Waals surface area contributed by atoms with Gasteiger partial charge in [-0.2, -0.15) is 0 Å². The maximum absolute atomic E-state index is 12.7. The van der Waals surface area contributed by atoms with Crippen LogP contribution in [0.25, 0.3) is 0 Å². The Bertz CT molecular complexity index is 774. The third-order valence-corrected chi connectivity index (χ3v) is 5.47. The monoisotopic (exact) mass is 373 g/mol. The largest absolute Gasteiger partial charge is 0.486 e. The lowest BCUT2D eigenvalue weighted by Gasteiger charge is -2.30. The lowest BCUT2D eigenvalue weighted by Crippen LogP contribution is -2.47. The van der Waals surface area contributed by atoms with Gasteiger partial charge in [0.05, 0.1) is 6.54 Å². The average Bonchev–Trinajstić information content (AvgIpc) is 3.22. The summed E-state index contributed by atoms with van der Waals surface area (Å²) in [4.78, 5) is 39.9. The zero-order valence-electron chi connectivity index (χ0n) is 15.3. The Hall–Kier alpha value is -2.77. The minimum atomic E-state index is -0.792. The van der Waals surface area contributed by atoms with Gasteiger partial charge in [0, 0.05) is 7.05 Å². The van der Waals surface area contributed by atoms with E-state index in [1.807, 2.05) is 24.3 Å². The smallest absolute Gasteiger partial charge is 0.325 e. The number of para-hydroxylation sites is 2. The van der Waals surface area contributed by atoms with Crippen molar-refractivity contribution in [2.24, 2.45) is 0 Å². The summed E-state index contributed by atoms with van der Waals surface area (Å²) in [5, 5.41) is 2.79. The van der Waals surface area contributed by atoms with E-state index in [4.69, 9.17) is 9.47 Å². The molecule has 4 amide bonds. The molecule has 2 aliphatic heterocycles. The van der Waals surface area contributed by atoms with Crippen LogP contribution >= 0.6 is 0 Å². The van der Waals surface area contributed by atoms with Gasteiger partial charge >= 0.3 is 6.03 Å². The number of nitrogens with zero attached hydrogens (tertiary/aromatic N) is 2. The van der Waals surface area contributed by atoms with Crippen molar-refractivity contribution in [2.75, 3.05) is 26.7 Å². The molecule has 1 aliphatic carbocycles. The summed E-state index contributed by atoms with van der Waals surface area (Å²) < 4.78 is 11.5. The molecule has 2 fully saturated rings. The van der Waals surface area contributed by atoms with Gasteiger partial charge in [-0.25, -0.2) is 4.79 Å². The molecule has 1 atom stereocenters. The molecule has 1 saturated carbocycles. The summed E-state index contributed by atoms with van der Waals surface area (Å²) in [6, 6.07) is 6.90. The van der Waals surface area contributed by atoms with Crippen LogP contribution in [0.4, 0.5) is 4.79 Å². The number of carbonyl (C=O) groups is 3. The van der Waals surface area contributed by atoms with Crippen LogP contribution in [0.1, 0.15) is 25.7 Å². The van der Waals surface area contributed by atoms with Gasteiger partial charge in [-0.1, -0.05) is 25.0 Å². The highest BCUT2D eigenvalue weighted by atomic mass is 16.6. The summed E-state index contributed by atoms with van der Waals surface area (Å²) in [5.41, 5.74) is -0.792. The third kappa shape index (κ3) is 3.20. The maximum atomic E-state index is 12.7. The van der Waals surface area contributed by atoms with Crippen molar-refractivity contribution < 1.29 is 23.9 Å². The first-order valence-electron chi connectivity index (χ1n) is 9.25. The lowest BCUT2D eigenvalue weighted by molar-refractivity contribution is -0.138. The minimum absolute atomic E-state index is 0.257. The van der Waals surface area contributed by atoms with E-state index in [1.54, 1.807) is 7.05 Å². The SMILES string of the molecule is CN(C[C@@H]1COc2ccccc2O1)C(=O)CN1C(=O)NC2(CCCC2)C1=O. The van der Waals surface area contributed by atoms with Gasteiger partial charge in [0.2, 0.25) is 5.91 Å². The van der Waals surface area contributed by atoms with E-state index < -0.39 is 11.6 Å². The maximum Gasteiger partial charge on any atom is 0.325 e. The van der Waals surface area contributed by atoms with E-state index in [0.29, 0.717) is 37.5 Å². The first-order chi connectivity index (χ1) is 13.0. The van der Waals surface area contributed by atoms with Gasteiger partial charge in [-0.3, -0.25) is 14.5 Å². The number of likely N-dealkylation sites (N-methyl/N-ethyl adjacent to an activating group) is 1. The number of amides is 4. The molecule has 0 aromatic heterocycles. The van der Waals surface area contributed by atoms with Crippen LogP contribution in [0.5, 0.6) is 11.5 Å². The third-order valence-electron chi connectivity index (χ3n) is 5.47. The molecule has 144 valence electrons. The summed E-state index contributed by atoms with van der Waals surface area (Å²) >= 11 is 0. The number of hydrogen-bond acceptors (Lipinski definition) is 5. The molecular formula is C19H23N3O5. The summed E-state index contributed by atoms with van der Waals surface area (Å²) in [7, 11) is 1.63. The first-order valence-corrected chi connectivity index (χ1v) is 9.25. The zero-order valence-corrected chi connectivity index (χ0v) is 15.3.